The lowest BCUT2D eigenvalue weighted by atomic mass is 10.1. The number of nitrogens with zero attached hydrogens (tertiary/aromatic N) is 2. The van der Waals surface area contributed by atoms with Gasteiger partial charge in [0.15, 0.2) is 0 Å². The lowest BCUT2D eigenvalue weighted by Gasteiger charge is -2.37. The Hall–Kier alpha value is -1.83. The number of amides is 2. The van der Waals surface area contributed by atoms with Crippen LogP contribution >= 0.6 is 24.0 Å². The van der Waals surface area contributed by atoms with Gasteiger partial charge >= 0.3 is 6.03 Å². The van der Waals surface area contributed by atoms with Crippen LogP contribution in [0.3, 0.4) is 0 Å². The average Bonchev–Trinajstić information content (AvgIpc) is 2.82. The van der Waals surface area contributed by atoms with Gasteiger partial charge in [-0.05, 0) is 31.2 Å². The molecule has 0 saturated carbocycles. The van der Waals surface area contributed by atoms with E-state index in [1.807, 2.05) is 61.2 Å². The van der Waals surface area contributed by atoms with Gasteiger partial charge in [0.2, 0.25) is 0 Å². The van der Waals surface area contributed by atoms with Crippen molar-refractivity contribution in [2.75, 3.05) is 11.9 Å². The average molecular weight is 404 g/mol. The zero-order chi connectivity index (χ0) is 19.8. The first-order chi connectivity index (χ1) is 12.7. The van der Waals surface area contributed by atoms with Crippen LogP contribution in [0.4, 0.5) is 10.5 Å². The molecule has 0 bridgehead atoms. The summed E-state index contributed by atoms with van der Waals surface area (Å²) in [4.78, 5) is 14.8. The highest BCUT2D eigenvalue weighted by atomic mass is 32.2. The second-order valence-corrected chi connectivity index (χ2v) is 9.98. The van der Waals surface area contributed by atoms with Gasteiger partial charge in [-0.2, -0.15) is 5.06 Å². The summed E-state index contributed by atoms with van der Waals surface area (Å²) in [5.74, 6) is 0.356. The first-order valence-corrected chi connectivity index (χ1v) is 10.2. The number of carbonyl (C=O) groups is 1. The Morgan fingerprint density at radius 3 is 2.67 bits per heavy atom. The molecular weight excluding hydrogens is 378 g/mol. The number of hydrogen-bond donors (Lipinski definition) is 2. The SMILES string of the molecule is CC(C)CN1C(=S)SC(C)(C)C1N(O)C(=O)Nc1cccc2ccccc12. The van der Waals surface area contributed by atoms with Crippen molar-refractivity contribution in [2.24, 2.45) is 5.92 Å². The van der Waals surface area contributed by atoms with E-state index in [0.29, 0.717) is 22.5 Å². The van der Waals surface area contributed by atoms with Gasteiger partial charge in [-0.3, -0.25) is 5.21 Å². The number of benzene rings is 2. The van der Waals surface area contributed by atoms with E-state index in [2.05, 4.69) is 19.2 Å². The van der Waals surface area contributed by atoms with Crippen molar-refractivity contribution in [3.63, 3.8) is 0 Å². The topological polar surface area (TPSA) is 55.8 Å². The van der Waals surface area contributed by atoms with Crippen LogP contribution in [0, 0.1) is 5.92 Å². The molecule has 2 aromatic rings. The standard InChI is InChI=1S/C20H25N3O2S2/c1-13(2)12-22-17(20(3,4)27-19(22)26)23(25)18(24)21-16-11-7-9-14-8-5-6-10-15(14)16/h5-11,13,17,25H,12H2,1-4H3,(H,21,24). The van der Waals surface area contributed by atoms with E-state index in [9.17, 15) is 10.0 Å². The van der Waals surface area contributed by atoms with Gasteiger partial charge in [0, 0.05) is 11.9 Å². The van der Waals surface area contributed by atoms with E-state index in [1.54, 1.807) is 0 Å². The van der Waals surface area contributed by atoms with Crippen molar-refractivity contribution in [1.29, 1.82) is 0 Å². The Kier molecular flexibility index (Phi) is 5.65. The minimum absolute atomic E-state index is 0.356. The quantitative estimate of drug-likeness (QED) is 0.420. The number of thiocarbonyl (C=S) groups is 1. The van der Waals surface area contributed by atoms with E-state index < -0.39 is 16.9 Å². The Morgan fingerprint density at radius 1 is 1.30 bits per heavy atom. The Morgan fingerprint density at radius 2 is 1.96 bits per heavy atom. The minimum atomic E-state index is -0.566. The van der Waals surface area contributed by atoms with Gasteiger partial charge in [0.25, 0.3) is 0 Å². The molecule has 7 heteroatoms. The van der Waals surface area contributed by atoms with E-state index >= 15 is 0 Å². The summed E-state index contributed by atoms with van der Waals surface area (Å²) in [5, 5.41) is 16.4. The van der Waals surface area contributed by atoms with Gasteiger partial charge < -0.3 is 10.2 Å². The normalized spacial score (nSPS) is 19.0. The van der Waals surface area contributed by atoms with Gasteiger partial charge in [-0.25, -0.2) is 4.79 Å². The molecule has 0 radical (unpaired) electrons. The molecule has 0 aromatic heterocycles. The zero-order valence-corrected chi connectivity index (χ0v) is 17.6. The molecule has 1 aliphatic rings. The monoisotopic (exact) mass is 403 g/mol. The molecular formula is C20H25N3O2S2. The number of thioether (sulfide) groups is 1. The number of anilines is 1. The van der Waals surface area contributed by atoms with Crippen LogP contribution in [0.5, 0.6) is 0 Å². The fraction of sp³-hybridized carbons (Fsp3) is 0.400. The molecule has 2 N–H and O–H groups in total. The van der Waals surface area contributed by atoms with Crippen molar-refractivity contribution in [1.82, 2.24) is 9.96 Å². The highest BCUT2D eigenvalue weighted by molar-refractivity contribution is 8.24. The second kappa shape index (κ2) is 7.66. The predicted molar refractivity (Wildman–Crippen MR) is 116 cm³/mol. The number of carbonyl (C=O) groups excluding carboxylic acids is 1. The maximum Gasteiger partial charge on any atom is 0.347 e. The number of hydrogen-bond acceptors (Lipinski definition) is 4. The third-order valence-corrected chi connectivity index (χ3v) is 6.17. The Labute approximate surface area is 169 Å². The molecule has 1 heterocycles. The van der Waals surface area contributed by atoms with Crippen LogP contribution in [0.2, 0.25) is 0 Å². The fourth-order valence-electron chi connectivity index (χ4n) is 3.42. The zero-order valence-electron chi connectivity index (χ0n) is 16.0. The van der Waals surface area contributed by atoms with E-state index in [1.165, 1.54) is 11.8 Å². The predicted octanol–water partition coefficient (Wildman–Crippen LogP) is 5.16. The van der Waals surface area contributed by atoms with E-state index in [0.717, 1.165) is 15.8 Å². The van der Waals surface area contributed by atoms with E-state index in [-0.39, 0.29) is 0 Å². The first-order valence-electron chi connectivity index (χ1n) is 8.97. The summed E-state index contributed by atoms with van der Waals surface area (Å²) in [5.41, 5.74) is 0.665. The molecule has 5 nitrogen and oxygen atoms in total. The fourth-order valence-corrected chi connectivity index (χ4v) is 5.32. The number of hydroxylamine groups is 2. The molecule has 2 aromatic carbocycles. The summed E-state index contributed by atoms with van der Waals surface area (Å²) >= 11 is 7.01. The maximum atomic E-state index is 12.9. The van der Waals surface area contributed by atoms with Crippen LogP contribution in [-0.4, -0.2) is 43.0 Å². The summed E-state index contributed by atoms with van der Waals surface area (Å²) in [6.07, 6.45) is -0.535. The molecule has 1 unspecified atom stereocenters. The number of fused-ring (bicyclic) bond motifs is 1. The van der Waals surface area contributed by atoms with Gasteiger partial charge in [-0.15, -0.1) is 0 Å². The molecule has 1 fully saturated rings. The maximum absolute atomic E-state index is 12.9. The van der Waals surface area contributed by atoms with Crippen LogP contribution in [0.1, 0.15) is 27.7 Å². The van der Waals surface area contributed by atoms with E-state index in [4.69, 9.17) is 12.2 Å². The van der Waals surface area contributed by atoms with Crippen molar-refractivity contribution in [2.45, 2.75) is 38.6 Å². The first kappa shape index (κ1) is 19.9. The van der Waals surface area contributed by atoms with Crippen LogP contribution < -0.4 is 5.32 Å². The van der Waals surface area contributed by atoms with Crippen molar-refractivity contribution in [3.8, 4) is 0 Å². The molecule has 0 spiro atoms. The van der Waals surface area contributed by atoms with Crippen molar-refractivity contribution >= 4 is 50.8 Å². The molecule has 2 amide bonds. The Balaban J connectivity index is 1.86. The largest absolute Gasteiger partial charge is 0.347 e. The smallest absolute Gasteiger partial charge is 0.333 e. The van der Waals surface area contributed by atoms with Crippen molar-refractivity contribution < 1.29 is 10.0 Å². The molecule has 1 aliphatic heterocycles. The van der Waals surface area contributed by atoms with Gasteiger partial charge in [0.1, 0.15) is 10.5 Å². The summed E-state index contributed by atoms with van der Waals surface area (Å²) < 4.78 is 0.285. The molecule has 144 valence electrons. The lowest BCUT2D eigenvalue weighted by molar-refractivity contribution is -0.115. The summed E-state index contributed by atoms with van der Waals surface area (Å²) in [6, 6.07) is 13.0. The Bertz CT molecular complexity index is 864. The highest BCUT2D eigenvalue weighted by Gasteiger charge is 2.49. The minimum Gasteiger partial charge on any atom is -0.333 e. The molecule has 3 rings (SSSR count). The third kappa shape index (κ3) is 4.05. The number of nitrogens with one attached hydrogen (secondary N) is 1. The molecule has 0 aliphatic carbocycles. The number of urea groups is 1. The van der Waals surface area contributed by atoms with Gasteiger partial charge in [-0.1, -0.05) is 74.2 Å². The number of rotatable bonds is 4. The van der Waals surface area contributed by atoms with Crippen LogP contribution in [0.15, 0.2) is 42.5 Å². The second-order valence-electron chi connectivity index (χ2n) is 7.69. The van der Waals surface area contributed by atoms with Gasteiger partial charge in [0.05, 0.1) is 10.4 Å². The molecule has 1 atom stereocenters. The summed E-state index contributed by atoms with van der Waals surface area (Å²) in [7, 11) is 0. The van der Waals surface area contributed by atoms with Crippen LogP contribution in [0.25, 0.3) is 10.8 Å². The van der Waals surface area contributed by atoms with Crippen LogP contribution in [-0.2, 0) is 0 Å². The third-order valence-electron chi connectivity index (χ3n) is 4.53. The lowest BCUT2D eigenvalue weighted by Crippen LogP contribution is -2.56. The summed E-state index contributed by atoms with van der Waals surface area (Å²) in [6.45, 7) is 8.84. The van der Waals surface area contributed by atoms with Crippen molar-refractivity contribution in [3.05, 3.63) is 42.5 Å². The molecule has 27 heavy (non-hydrogen) atoms. The molecule has 1 saturated heterocycles. The highest BCUT2D eigenvalue weighted by Crippen LogP contribution is 2.42.